The van der Waals surface area contributed by atoms with Crippen molar-refractivity contribution in [2.24, 2.45) is 0 Å². The van der Waals surface area contributed by atoms with Gasteiger partial charge in [-0.1, -0.05) is 11.4 Å². The number of epoxide rings is 2. The molecule has 2 rings (SSSR count). The predicted molar refractivity (Wildman–Crippen MR) is 120 cm³/mol. The highest BCUT2D eigenvalue weighted by Crippen LogP contribution is 2.32. The summed E-state index contributed by atoms with van der Waals surface area (Å²) in [5, 5.41) is 0. The van der Waals surface area contributed by atoms with E-state index in [1.54, 1.807) is 0 Å². The van der Waals surface area contributed by atoms with E-state index in [0.29, 0.717) is 0 Å². The van der Waals surface area contributed by atoms with Crippen LogP contribution in [-0.4, -0.2) is 67.0 Å². The minimum absolute atomic E-state index is 0.250. The highest BCUT2D eigenvalue weighted by atomic mass is 28.5. The molecular formula is C16H36O6Si5. The van der Waals surface area contributed by atoms with Crippen LogP contribution >= 0.6 is 0 Å². The summed E-state index contributed by atoms with van der Waals surface area (Å²) in [6.45, 7) is 26.5. The van der Waals surface area contributed by atoms with Gasteiger partial charge in [-0.05, 0) is 52.4 Å². The number of ether oxygens (including phenoxy) is 2. The second kappa shape index (κ2) is 7.87. The van der Waals surface area contributed by atoms with Crippen LogP contribution in [0.25, 0.3) is 0 Å². The Bertz CT molecular complexity index is 530. The van der Waals surface area contributed by atoms with Crippen molar-refractivity contribution in [3.63, 3.8) is 0 Å². The van der Waals surface area contributed by atoms with Crippen LogP contribution in [0.3, 0.4) is 0 Å². The van der Waals surface area contributed by atoms with Crippen LogP contribution in [0.2, 0.25) is 52.4 Å². The summed E-state index contributed by atoms with van der Waals surface area (Å²) in [4.78, 5) is 0. The first kappa shape index (κ1) is 23.6. The molecule has 0 aromatic carbocycles. The first-order valence-corrected chi connectivity index (χ1v) is 23.0. The van der Waals surface area contributed by atoms with E-state index in [1.165, 1.54) is 0 Å². The largest absolute Gasteiger partial charge is 0.431 e. The summed E-state index contributed by atoms with van der Waals surface area (Å²) in [7, 11) is -11.7. The summed E-state index contributed by atoms with van der Waals surface area (Å²) in [6, 6.07) is 0. The van der Waals surface area contributed by atoms with Crippen molar-refractivity contribution in [3.8, 4) is 0 Å². The molecule has 0 aromatic rings. The van der Waals surface area contributed by atoms with E-state index in [4.69, 9.17) is 25.9 Å². The van der Waals surface area contributed by atoms with Gasteiger partial charge in [0.15, 0.2) is 0 Å². The molecule has 0 amide bonds. The maximum atomic E-state index is 6.56. The van der Waals surface area contributed by atoms with Gasteiger partial charge in [0, 0.05) is 0 Å². The van der Waals surface area contributed by atoms with Crippen molar-refractivity contribution in [2.45, 2.75) is 63.8 Å². The maximum Gasteiger partial charge on any atom is 0.342 e. The van der Waals surface area contributed by atoms with E-state index in [1.807, 2.05) is 37.6 Å². The third kappa shape index (κ3) is 6.67. The molecule has 0 radical (unpaired) electrons. The Balaban J connectivity index is 2.07. The van der Waals surface area contributed by atoms with Crippen LogP contribution in [0.15, 0.2) is 24.6 Å². The SMILES string of the molecule is C=C[Si](C)(O[Si](C)(C)O[Si](C)(C=C)O[Si](C)(C)C1CO1)O[Si](C)(C)C1CO1. The average Bonchev–Trinajstić information content (AvgIpc) is 3.37. The Morgan fingerprint density at radius 1 is 0.667 bits per heavy atom. The first-order chi connectivity index (χ1) is 12.2. The predicted octanol–water partition coefficient (Wildman–Crippen LogP) is 3.64. The van der Waals surface area contributed by atoms with Crippen molar-refractivity contribution in [1.82, 2.24) is 0 Å². The average molecular weight is 465 g/mol. The Morgan fingerprint density at radius 2 is 0.963 bits per heavy atom. The summed E-state index contributed by atoms with van der Waals surface area (Å²) in [5.74, 6) is 0. The summed E-state index contributed by atoms with van der Waals surface area (Å²) < 4.78 is 37.2. The molecule has 2 aliphatic rings. The molecule has 2 saturated heterocycles. The molecule has 0 saturated carbocycles. The topological polar surface area (TPSA) is 62.0 Å². The summed E-state index contributed by atoms with van der Waals surface area (Å²) in [5.41, 5.74) is 4.21. The van der Waals surface area contributed by atoms with Crippen LogP contribution in [0.1, 0.15) is 0 Å². The second-order valence-electron chi connectivity index (χ2n) is 9.10. The molecule has 2 fully saturated rings. The zero-order chi connectivity index (χ0) is 20.7. The van der Waals surface area contributed by atoms with Crippen LogP contribution < -0.4 is 0 Å². The van der Waals surface area contributed by atoms with Gasteiger partial charge in [0.05, 0.1) is 24.7 Å². The zero-order valence-electron chi connectivity index (χ0n) is 18.1. The van der Waals surface area contributed by atoms with Crippen LogP contribution in [0, 0.1) is 0 Å². The van der Waals surface area contributed by atoms with Gasteiger partial charge >= 0.3 is 25.7 Å². The lowest BCUT2D eigenvalue weighted by molar-refractivity contribution is 0.298. The molecule has 6 nitrogen and oxygen atoms in total. The molecule has 27 heavy (non-hydrogen) atoms. The quantitative estimate of drug-likeness (QED) is 0.325. The zero-order valence-corrected chi connectivity index (χ0v) is 23.1. The van der Waals surface area contributed by atoms with Gasteiger partial charge in [0.25, 0.3) is 0 Å². The lowest BCUT2D eigenvalue weighted by Crippen LogP contribution is -2.60. The lowest BCUT2D eigenvalue weighted by atomic mass is 11.0. The Kier molecular flexibility index (Phi) is 6.88. The lowest BCUT2D eigenvalue weighted by Gasteiger charge is -2.42. The Labute approximate surface area is 169 Å². The van der Waals surface area contributed by atoms with Gasteiger partial charge in [0.2, 0.25) is 16.6 Å². The Morgan fingerprint density at radius 3 is 1.19 bits per heavy atom. The number of rotatable bonds is 12. The summed E-state index contributed by atoms with van der Waals surface area (Å²) in [6.07, 6.45) is 0. The van der Waals surface area contributed by atoms with E-state index in [-0.39, 0.29) is 11.5 Å². The molecular weight excluding hydrogens is 429 g/mol. The molecule has 0 bridgehead atoms. The van der Waals surface area contributed by atoms with Crippen LogP contribution in [0.5, 0.6) is 0 Å². The van der Waals surface area contributed by atoms with E-state index in [2.05, 4.69) is 39.3 Å². The van der Waals surface area contributed by atoms with Gasteiger partial charge in [-0.25, -0.2) is 0 Å². The smallest absolute Gasteiger partial charge is 0.342 e. The van der Waals surface area contributed by atoms with E-state index < -0.39 is 42.3 Å². The third-order valence-corrected chi connectivity index (χ3v) is 24.7. The van der Waals surface area contributed by atoms with Crippen LogP contribution in [0.4, 0.5) is 0 Å². The van der Waals surface area contributed by atoms with E-state index >= 15 is 0 Å². The molecule has 0 spiro atoms. The first-order valence-electron chi connectivity index (χ1n) is 9.47. The number of hydrogen-bond donors (Lipinski definition) is 0. The molecule has 0 N–H and O–H groups in total. The van der Waals surface area contributed by atoms with Crippen molar-refractivity contribution in [2.75, 3.05) is 13.2 Å². The van der Waals surface area contributed by atoms with Gasteiger partial charge in [-0.15, -0.1) is 13.2 Å². The molecule has 2 heterocycles. The standard InChI is InChI=1S/C16H36O6Si5/c1-11-26(9,19-23(3,4)15-13-17-15)21-25(7,8)22-27(10,12-2)20-24(5,6)16-14-18-16/h11-12,15-16H,1-2,13-14H2,3-10H3. The third-order valence-electron chi connectivity index (χ3n) is 4.79. The molecule has 0 aromatic heterocycles. The monoisotopic (exact) mass is 464 g/mol. The fourth-order valence-electron chi connectivity index (χ4n) is 3.28. The minimum atomic E-state index is -2.60. The van der Waals surface area contributed by atoms with Crippen molar-refractivity contribution in [3.05, 3.63) is 24.6 Å². The second-order valence-corrected chi connectivity index (χ2v) is 27.7. The van der Waals surface area contributed by atoms with Crippen LogP contribution in [-0.2, 0) is 25.9 Å². The molecule has 156 valence electrons. The van der Waals surface area contributed by atoms with Gasteiger partial charge < -0.3 is 25.9 Å². The maximum absolute atomic E-state index is 6.56. The normalized spacial score (nSPS) is 27.4. The van der Waals surface area contributed by atoms with E-state index in [0.717, 1.165) is 13.2 Å². The van der Waals surface area contributed by atoms with Crippen molar-refractivity contribution >= 4 is 42.3 Å². The van der Waals surface area contributed by atoms with Gasteiger partial charge in [-0.3, -0.25) is 0 Å². The Hall–Kier alpha value is 0.324. The molecule has 2 aliphatic heterocycles. The summed E-state index contributed by atoms with van der Waals surface area (Å²) >= 11 is 0. The number of hydrogen-bond acceptors (Lipinski definition) is 6. The van der Waals surface area contributed by atoms with Gasteiger partial charge in [0.1, 0.15) is 0 Å². The van der Waals surface area contributed by atoms with Gasteiger partial charge in [-0.2, -0.15) is 0 Å². The van der Waals surface area contributed by atoms with Crippen molar-refractivity contribution < 1.29 is 25.9 Å². The minimum Gasteiger partial charge on any atom is -0.431 e. The fourth-order valence-corrected chi connectivity index (χ4v) is 25.3. The highest BCUT2D eigenvalue weighted by Gasteiger charge is 2.53. The fraction of sp³-hybridized carbons (Fsp3) is 0.750. The molecule has 0 aliphatic carbocycles. The molecule has 11 heteroatoms. The van der Waals surface area contributed by atoms with E-state index in [9.17, 15) is 0 Å². The molecule has 4 atom stereocenters. The highest BCUT2D eigenvalue weighted by molar-refractivity contribution is 6.93. The van der Waals surface area contributed by atoms with Crippen molar-refractivity contribution in [1.29, 1.82) is 0 Å². The molecule has 4 unspecified atom stereocenters.